The van der Waals surface area contributed by atoms with E-state index in [1.165, 1.54) is 6.33 Å². The first-order valence-corrected chi connectivity index (χ1v) is 4.86. The van der Waals surface area contributed by atoms with Crippen LogP contribution in [-0.2, 0) is 11.3 Å². The SMILES string of the molecule is O=C1CC(Cl)CN1Cc1ccncn1. The molecule has 4 nitrogen and oxygen atoms in total. The first-order chi connectivity index (χ1) is 6.75. The highest BCUT2D eigenvalue weighted by Crippen LogP contribution is 2.17. The number of alkyl halides is 1. The number of rotatable bonds is 2. The number of carbonyl (C=O) groups is 1. The van der Waals surface area contributed by atoms with Crippen molar-refractivity contribution in [1.29, 1.82) is 0 Å². The minimum Gasteiger partial charge on any atom is -0.335 e. The van der Waals surface area contributed by atoms with Crippen LogP contribution >= 0.6 is 11.6 Å². The summed E-state index contributed by atoms with van der Waals surface area (Å²) in [5, 5.41) is -0.0515. The molecule has 0 saturated carbocycles. The Morgan fingerprint density at radius 1 is 1.64 bits per heavy atom. The van der Waals surface area contributed by atoms with Gasteiger partial charge in [-0.15, -0.1) is 11.6 Å². The first kappa shape index (κ1) is 9.40. The van der Waals surface area contributed by atoms with Gasteiger partial charge in [0, 0.05) is 19.2 Å². The molecule has 1 saturated heterocycles. The molecule has 74 valence electrons. The van der Waals surface area contributed by atoms with Crippen LogP contribution in [0.25, 0.3) is 0 Å². The van der Waals surface area contributed by atoms with Gasteiger partial charge >= 0.3 is 0 Å². The quantitative estimate of drug-likeness (QED) is 0.681. The zero-order chi connectivity index (χ0) is 9.97. The maximum absolute atomic E-state index is 11.4. The molecule has 1 aliphatic rings. The highest BCUT2D eigenvalue weighted by molar-refractivity contribution is 6.22. The molecule has 1 fully saturated rings. The van der Waals surface area contributed by atoms with Gasteiger partial charge in [-0.25, -0.2) is 9.97 Å². The average molecular weight is 212 g/mol. The molecular formula is C9H10ClN3O. The van der Waals surface area contributed by atoms with Gasteiger partial charge in [-0.05, 0) is 6.07 Å². The van der Waals surface area contributed by atoms with E-state index in [9.17, 15) is 4.79 Å². The fourth-order valence-electron chi connectivity index (χ4n) is 1.48. The van der Waals surface area contributed by atoms with Gasteiger partial charge in [-0.3, -0.25) is 4.79 Å². The van der Waals surface area contributed by atoms with Crippen LogP contribution in [0.15, 0.2) is 18.6 Å². The molecule has 2 heterocycles. The lowest BCUT2D eigenvalue weighted by atomic mass is 10.4. The number of hydrogen-bond acceptors (Lipinski definition) is 3. The second kappa shape index (κ2) is 3.92. The highest BCUT2D eigenvalue weighted by Gasteiger charge is 2.27. The first-order valence-electron chi connectivity index (χ1n) is 4.42. The van der Waals surface area contributed by atoms with Crippen molar-refractivity contribution in [3.63, 3.8) is 0 Å². The third-order valence-corrected chi connectivity index (χ3v) is 2.46. The van der Waals surface area contributed by atoms with E-state index in [-0.39, 0.29) is 11.3 Å². The van der Waals surface area contributed by atoms with Crippen molar-refractivity contribution in [3.8, 4) is 0 Å². The van der Waals surface area contributed by atoms with Gasteiger partial charge in [0.15, 0.2) is 0 Å². The van der Waals surface area contributed by atoms with E-state index >= 15 is 0 Å². The van der Waals surface area contributed by atoms with Crippen LogP contribution in [0.3, 0.4) is 0 Å². The van der Waals surface area contributed by atoms with Crippen molar-refractivity contribution in [3.05, 3.63) is 24.3 Å². The number of carbonyl (C=O) groups excluding carboxylic acids is 1. The standard InChI is InChI=1S/C9H10ClN3O/c10-7-3-9(14)13(4-7)5-8-1-2-11-6-12-8/h1-2,6-7H,3-5H2. The summed E-state index contributed by atoms with van der Waals surface area (Å²) in [6.07, 6.45) is 3.59. The summed E-state index contributed by atoms with van der Waals surface area (Å²) in [5.74, 6) is 0.101. The molecule has 1 aliphatic heterocycles. The van der Waals surface area contributed by atoms with Gasteiger partial charge in [0.2, 0.25) is 5.91 Å². The Labute approximate surface area is 86.9 Å². The number of halogens is 1. The van der Waals surface area contributed by atoms with E-state index in [2.05, 4.69) is 9.97 Å². The summed E-state index contributed by atoms with van der Waals surface area (Å²) in [6.45, 7) is 1.15. The molecular weight excluding hydrogens is 202 g/mol. The minimum absolute atomic E-state index is 0.0515. The Morgan fingerprint density at radius 2 is 2.50 bits per heavy atom. The van der Waals surface area contributed by atoms with Crippen LogP contribution in [0.2, 0.25) is 0 Å². The van der Waals surface area contributed by atoms with Gasteiger partial charge in [0.05, 0.1) is 17.6 Å². The van der Waals surface area contributed by atoms with Crippen LogP contribution < -0.4 is 0 Å². The lowest BCUT2D eigenvalue weighted by Crippen LogP contribution is -2.25. The molecule has 14 heavy (non-hydrogen) atoms. The molecule has 1 aromatic rings. The van der Waals surface area contributed by atoms with Crippen LogP contribution in [-0.4, -0.2) is 32.7 Å². The topological polar surface area (TPSA) is 46.1 Å². The van der Waals surface area contributed by atoms with E-state index in [4.69, 9.17) is 11.6 Å². The zero-order valence-corrected chi connectivity index (χ0v) is 8.31. The Bertz CT molecular complexity index is 330. The lowest BCUT2D eigenvalue weighted by molar-refractivity contribution is -0.128. The van der Waals surface area contributed by atoms with Gasteiger partial charge < -0.3 is 4.90 Å². The number of likely N-dealkylation sites (tertiary alicyclic amines) is 1. The summed E-state index contributed by atoms with van der Waals surface area (Å²) in [7, 11) is 0. The molecule has 1 amide bonds. The number of hydrogen-bond donors (Lipinski definition) is 0. The normalized spacial score (nSPS) is 21.6. The molecule has 0 aromatic carbocycles. The molecule has 0 spiro atoms. The minimum atomic E-state index is -0.0515. The number of nitrogens with zero attached hydrogens (tertiary/aromatic N) is 3. The summed E-state index contributed by atoms with van der Waals surface area (Å²) in [6, 6.07) is 1.80. The Balaban J connectivity index is 2.02. The van der Waals surface area contributed by atoms with Gasteiger partial charge in [0.1, 0.15) is 6.33 Å². The largest absolute Gasteiger partial charge is 0.335 e. The summed E-state index contributed by atoms with van der Waals surface area (Å²) in [5.41, 5.74) is 0.846. The molecule has 5 heteroatoms. The summed E-state index contributed by atoms with van der Waals surface area (Å²) in [4.78, 5) is 21.0. The average Bonchev–Trinajstić information content (AvgIpc) is 2.47. The predicted molar refractivity (Wildman–Crippen MR) is 51.7 cm³/mol. The van der Waals surface area contributed by atoms with E-state index < -0.39 is 0 Å². The fraction of sp³-hybridized carbons (Fsp3) is 0.444. The third-order valence-electron chi connectivity index (χ3n) is 2.16. The number of aromatic nitrogens is 2. The fourth-order valence-corrected chi connectivity index (χ4v) is 1.78. The predicted octanol–water partition coefficient (Wildman–Crippen LogP) is 0.816. The van der Waals surface area contributed by atoms with E-state index in [1.807, 2.05) is 0 Å². The highest BCUT2D eigenvalue weighted by atomic mass is 35.5. The lowest BCUT2D eigenvalue weighted by Gasteiger charge is -2.14. The molecule has 0 N–H and O–H groups in total. The van der Waals surface area contributed by atoms with Gasteiger partial charge in [-0.2, -0.15) is 0 Å². The van der Waals surface area contributed by atoms with Gasteiger partial charge in [-0.1, -0.05) is 0 Å². The summed E-state index contributed by atoms with van der Waals surface area (Å²) < 4.78 is 0. The third kappa shape index (κ3) is 2.01. The molecule has 1 unspecified atom stereocenters. The monoisotopic (exact) mass is 211 g/mol. The van der Waals surface area contributed by atoms with Crippen molar-refractivity contribution in [2.45, 2.75) is 18.3 Å². The van der Waals surface area contributed by atoms with Crippen molar-refractivity contribution in [1.82, 2.24) is 14.9 Å². The van der Waals surface area contributed by atoms with Crippen LogP contribution in [0.5, 0.6) is 0 Å². The Hall–Kier alpha value is -1.16. The van der Waals surface area contributed by atoms with Crippen molar-refractivity contribution < 1.29 is 4.79 Å². The van der Waals surface area contributed by atoms with Crippen molar-refractivity contribution in [2.75, 3.05) is 6.54 Å². The molecule has 1 atom stereocenters. The smallest absolute Gasteiger partial charge is 0.224 e. The van der Waals surface area contributed by atoms with Crippen molar-refractivity contribution in [2.24, 2.45) is 0 Å². The molecule has 0 radical (unpaired) electrons. The molecule has 1 aromatic heterocycles. The molecule has 0 bridgehead atoms. The maximum atomic E-state index is 11.4. The van der Waals surface area contributed by atoms with Crippen LogP contribution in [0, 0.1) is 0 Å². The van der Waals surface area contributed by atoms with E-state index in [0.29, 0.717) is 19.5 Å². The summed E-state index contributed by atoms with van der Waals surface area (Å²) >= 11 is 5.87. The van der Waals surface area contributed by atoms with Crippen LogP contribution in [0.1, 0.15) is 12.1 Å². The van der Waals surface area contributed by atoms with E-state index in [1.54, 1.807) is 17.2 Å². The Kier molecular flexibility index (Phi) is 2.63. The number of amides is 1. The Morgan fingerprint density at radius 3 is 3.07 bits per heavy atom. The van der Waals surface area contributed by atoms with Gasteiger partial charge in [0.25, 0.3) is 0 Å². The van der Waals surface area contributed by atoms with E-state index in [0.717, 1.165) is 5.69 Å². The van der Waals surface area contributed by atoms with Crippen molar-refractivity contribution >= 4 is 17.5 Å². The maximum Gasteiger partial charge on any atom is 0.224 e. The second-order valence-corrected chi connectivity index (χ2v) is 3.89. The molecule has 0 aliphatic carbocycles. The van der Waals surface area contributed by atoms with Crippen LogP contribution in [0.4, 0.5) is 0 Å². The second-order valence-electron chi connectivity index (χ2n) is 3.28. The molecule has 2 rings (SSSR count). The zero-order valence-electron chi connectivity index (χ0n) is 7.56.